The Kier molecular flexibility index (Phi) is 8.25. The van der Waals surface area contributed by atoms with E-state index >= 15 is 0 Å². The Bertz CT molecular complexity index is 595. The van der Waals surface area contributed by atoms with Gasteiger partial charge in [-0.3, -0.25) is 4.18 Å². The molecule has 0 radical (unpaired) electrons. The van der Waals surface area contributed by atoms with Crippen LogP contribution in [0.3, 0.4) is 0 Å². The zero-order valence-corrected chi connectivity index (χ0v) is 15.2. The van der Waals surface area contributed by atoms with Crippen LogP contribution >= 0.6 is 11.6 Å². The second-order valence-corrected chi connectivity index (χ2v) is 7.63. The Morgan fingerprint density at radius 1 is 1.26 bits per heavy atom. The lowest BCUT2D eigenvalue weighted by Crippen LogP contribution is -2.31. The maximum Gasteiger partial charge on any atom is 0.264 e. The molecule has 0 spiro atoms. The number of hydrogen-bond donors (Lipinski definition) is 0. The quantitative estimate of drug-likeness (QED) is 0.470. The van der Waals surface area contributed by atoms with Gasteiger partial charge in [0.25, 0.3) is 10.1 Å². The summed E-state index contributed by atoms with van der Waals surface area (Å²) in [5, 5.41) is 0.353. The molecule has 5 nitrogen and oxygen atoms in total. The highest BCUT2D eigenvalue weighted by Gasteiger charge is 2.13. The Labute approximate surface area is 142 Å². The van der Waals surface area contributed by atoms with Gasteiger partial charge in [-0.15, -0.1) is 0 Å². The highest BCUT2D eigenvalue weighted by atomic mass is 35.5. The summed E-state index contributed by atoms with van der Waals surface area (Å²) in [7, 11) is -3.44. The van der Waals surface area contributed by atoms with Gasteiger partial charge in [-0.2, -0.15) is 8.42 Å². The Morgan fingerprint density at radius 3 is 2.52 bits per heavy atom. The van der Waals surface area contributed by atoms with Gasteiger partial charge in [0.15, 0.2) is 0 Å². The van der Waals surface area contributed by atoms with Crippen LogP contribution in [0.2, 0.25) is 5.02 Å². The van der Waals surface area contributed by atoms with Crippen molar-refractivity contribution >= 4 is 27.4 Å². The lowest BCUT2D eigenvalue weighted by Gasteiger charge is -2.27. The van der Waals surface area contributed by atoms with Crippen LogP contribution in [-0.2, 0) is 19.0 Å². The molecule has 0 saturated carbocycles. The van der Waals surface area contributed by atoms with E-state index in [1.54, 1.807) is 6.07 Å². The molecule has 8 heteroatoms. The number of rotatable bonds is 10. The molecule has 1 rings (SSSR count). The molecule has 0 unspecified atom stereocenters. The summed E-state index contributed by atoms with van der Waals surface area (Å²) in [6.45, 7) is 6.00. The van der Waals surface area contributed by atoms with Gasteiger partial charge < -0.3 is 9.64 Å². The van der Waals surface area contributed by atoms with Crippen molar-refractivity contribution in [1.82, 2.24) is 0 Å². The molecule has 0 amide bonds. The average molecular weight is 368 g/mol. The number of hydrogen-bond acceptors (Lipinski definition) is 5. The smallest absolute Gasteiger partial charge is 0.264 e. The minimum absolute atomic E-state index is 0.0136. The van der Waals surface area contributed by atoms with E-state index in [1.165, 1.54) is 12.1 Å². The SMILES string of the molecule is CC(C)CN(CCOCCOS(C)(=O)=O)c1ccc(F)cc1Cl. The fraction of sp³-hybridized carbons (Fsp3) is 0.600. The summed E-state index contributed by atoms with van der Waals surface area (Å²) in [5.74, 6) is 0.0158. The molecule has 0 aliphatic carbocycles. The second-order valence-electron chi connectivity index (χ2n) is 5.57. The van der Waals surface area contributed by atoms with Gasteiger partial charge in [0.2, 0.25) is 0 Å². The van der Waals surface area contributed by atoms with Crippen LogP contribution in [0.5, 0.6) is 0 Å². The second kappa shape index (κ2) is 9.42. The van der Waals surface area contributed by atoms with E-state index in [2.05, 4.69) is 18.0 Å². The highest BCUT2D eigenvalue weighted by Crippen LogP contribution is 2.27. The summed E-state index contributed by atoms with van der Waals surface area (Å²) in [4.78, 5) is 2.02. The molecule has 23 heavy (non-hydrogen) atoms. The van der Waals surface area contributed by atoms with Gasteiger partial charge in [0, 0.05) is 13.1 Å². The summed E-state index contributed by atoms with van der Waals surface area (Å²) < 4.78 is 44.8. The fourth-order valence-corrected chi connectivity index (χ4v) is 2.67. The lowest BCUT2D eigenvalue weighted by atomic mass is 10.2. The molecule has 1 aromatic carbocycles. The van der Waals surface area contributed by atoms with Crippen molar-refractivity contribution in [3.63, 3.8) is 0 Å². The van der Waals surface area contributed by atoms with Gasteiger partial charge in [-0.1, -0.05) is 25.4 Å². The number of ether oxygens (including phenoxy) is 1. The van der Waals surface area contributed by atoms with Crippen LogP contribution in [0, 0.1) is 11.7 Å². The Morgan fingerprint density at radius 2 is 1.96 bits per heavy atom. The van der Waals surface area contributed by atoms with Crippen LogP contribution in [-0.4, -0.2) is 47.6 Å². The van der Waals surface area contributed by atoms with Crippen molar-refractivity contribution < 1.29 is 21.7 Å². The number of halogens is 2. The molecular weight excluding hydrogens is 345 g/mol. The number of anilines is 1. The van der Waals surface area contributed by atoms with Crippen molar-refractivity contribution in [2.45, 2.75) is 13.8 Å². The summed E-state index contributed by atoms with van der Waals surface area (Å²) in [6, 6.07) is 4.30. The van der Waals surface area contributed by atoms with Crippen LogP contribution in [0.1, 0.15) is 13.8 Å². The van der Waals surface area contributed by atoms with Crippen molar-refractivity contribution in [1.29, 1.82) is 0 Å². The topological polar surface area (TPSA) is 55.8 Å². The first-order valence-electron chi connectivity index (χ1n) is 7.31. The minimum atomic E-state index is -3.44. The molecule has 0 N–H and O–H groups in total. The fourth-order valence-electron chi connectivity index (χ4n) is 2.01. The third-order valence-electron chi connectivity index (χ3n) is 2.87. The summed E-state index contributed by atoms with van der Waals surface area (Å²) >= 11 is 6.11. The molecule has 0 aliphatic rings. The lowest BCUT2D eigenvalue weighted by molar-refractivity contribution is 0.107. The van der Waals surface area contributed by atoms with E-state index in [-0.39, 0.29) is 19.0 Å². The average Bonchev–Trinajstić information content (AvgIpc) is 2.40. The molecule has 0 heterocycles. The monoisotopic (exact) mass is 367 g/mol. The zero-order chi connectivity index (χ0) is 17.5. The number of nitrogens with zero attached hydrogens (tertiary/aromatic N) is 1. The van der Waals surface area contributed by atoms with E-state index in [1.807, 2.05) is 4.90 Å². The molecule has 0 fully saturated rings. The van der Waals surface area contributed by atoms with E-state index in [0.717, 1.165) is 18.5 Å². The van der Waals surface area contributed by atoms with Crippen molar-refractivity contribution in [2.24, 2.45) is 5.92 Å². The predicted molar refractivity (Wildman–Crippen MR) is 90.1 cm³/mol. The highest BCUT2D eigenvalue weighted by molar-refractivity contribution is 7.85. The normalized spacial score (nSPS) is 11.9. The van der Waals surface area contributed by atoms with Gasteiger partial charge in [0.1, 0.15) is 5.82 Å². The zero-order valence-electron chi connectivity index (χ0n) is 13.6. The molecule has 132 valence electrons. The van der Waals surface area contributed by atoms with Crippen LogP contribution in [0.4, 0.5) is 10.1 Å². The first-order valence-corrected chi connectivity index (χ1v) is 9.50. The third kappa shape index (κ3) is 8.50. The molecule has 1 aromatic rings. The van der Waals surface area contributed by atoms with Gasteiger partial charge >= 0.3 is 0 Å². The maximum atomic E-state index is 13.2. The molecular formula is C15H23ClFNO4S. The van der Waals surface area contributed by atoms with E-state index in [4.69, 9.17) is 16.3 Å². The van der Waals surface area contributed by atoms with Crippen molar-refractivity contribution in [3.05, 3.63) is 29.0 Å². The summed E-state index contributed by atoms with van der Waals surface area (Å²) in [6.07, 6.45) is 0.994. The molecule has 0 bridgehead atoms. The van der Waals surface area contributed by atoms with E-state index in [9.17, 15) is 12.8 Å². The van der Waals surface area contributed by atoms with Crippen molar-refractivity contribution in [2.75, 3.05) is 44.1 Å². The van der Waals surface area contributed by atoms with Gasteiger partial charge in [0.05, 0.1) is 36.8 Å². The van der Waals surface area contributed by atoms with E-state index < -0.39 is 10.1 Å². The summed E-state index contributed by atoms with van der Waals surface area (Å²) in [5.41, 5.74) is 0.748. The molecule has 0 aromatic heterocycles. The number of benzene rings is 1. The predicted octanol–water partition coefficient (Wildman–Crippen LogP) is 2.93. The first kappa shape index (κ1) is 20.2. The molecule has 0 aliphatic heterocycles. The third-order valence-corrected chi connectivity index (χ3v) is 3.76. The van der Waals surface area contributed by atoms with E-state index in [0.29, 0.717) is 24.1 Å². The van der Waals surface area contributed by atoms with Gasteiger partial charge in [-0.25, -0.2) is 4.39 Å². The van der Waals surface area contributed by atoms with Gasteiger partial charge in [-0.05, 0) is 24.1 Å². The van der Waals surface area contributed by atoms with Crippen LogP contribution < -0.4 is 4.90 Å². The van der Waals surface area contributed by atoms with Crippen LogP contribution in [0.25, 0.3) is 0 Å². The van der Waals surface area contributed by atoms with Crippen LogP contribution in [0.15, 0.2) is 18.2 Å². The Hall–Kier alpha value is -0.890. The molecule has 0 atom stereocenters. The maximum absolute atomic E-state index is 13.2. The molecule has 0 saturated heterocycles. The largest absolute Gasteiger partial charge is 0.377 e. The first-order chi connectivity index (χ1) is 10.7. The Balaban J connectivity index is 2.52. The standard InChI is InChI=1S/C15H23ClFNO4S/c1-12(2)11-18(15-5-4-13(17)10-14(15)16)6-7-21-8-9-22-23(3,19)20/h4-5,10,12H,6-9,11H2,1-3H3. The minimum Gasteiger partial charge on any atom is -0.377 e. The van der Waals surface area contributed by atoms with Crippen molar-refractivity contribution in [3.8, 4) is 0 Å².